The summed E-state index contributed by atoms with van der Waals surface area (Å²) in [6.07, 6.45) is 0. The predicted octanol–water partition coefficient (Wildman–Crippen LogP) is 2.48. The van der Waals surface area contributed by atoms with Crippen LogP contribution in [0.1, 0.15) is 0 Å². The van der Waals surface area contributed by atoms with Crippen LogP contribution >= 0.6 is 31.9 Å². The molecule has 0 aliphatic carbocycles. The Labute approximate surface area is 125 Å². The molecule has 0 spiro atoms. The number of hydrogen-bond donors (Lipinski definition) is 0. The Morgan fingerprint density at radius 2 is 2.00 bits per heavy atom. The van der Waals surface area contributed by atoms with Crippen LogP contribution in [0.15, 0.2) is 33.6 Å². The Hall–Kier alpha value is 0.0500. The predicted molar refractivity (Wildman–Crippen MR) is 78.5 cm³/mol. The molecule has 1 aromatic carbocycles. The molecular weight excluding hydrogens is 386 g/mol. The van der Waals surface area contributed by atoms with Crippen LogP contribution in [0.2, 0.25) is 0 Å². The first-order chi connectivity index (χ1) is 8.39. The lowest BCUT2D eigenvalue weighted by atomic mass is 10.4. The second kappa shape index (κ2) is 7.00. The van der Waals surface area contributed by atoms with Gasteiger partial charge in [0.05, 0.1) is 16.3 Å². The molecule has 0 N–H and O–H groups in total. The molecule has 0 radical (unpaired) electrons. The van der Waals surface area contributed by atoms with E-state index >= 15 is 0 Å². The molecule has 0 aliphatic rings. The van der Waals surface area contributed by atoms with Crippen molar-refractivity contribution in [3.8, 4) is 0 Å². The van der Waals surface area contributed by atoms with Crippen molar-refractivity contribution in [2.24, 2.45) is 0 Å². The largest absolute Gasteiger partial charge is 0.383 e. The molecular formula is C11H15Br2NO3S. The zero-order valence-electron chi connectivity index (χ0n) is 10.1. The van der Waals surface area contributed by atoms with Crippen molar-refractivity contribution < 1.29 is 13.2 Å². The van der Waals surface area contributed by atoms with E-state index in [1.807, 2.05) is 0 Å². The van der Waals surface area contributed by atoms with Crippen molar-refractivity contribution in [1.82, 2.24) is 4.31 Å². The molecule has 0 saturated heterocycles. The molecule has 18 heavy (non-hydrogen) atoms. The SMILES string of the molecule is COCC(Br)CN(C)S(=O)(=O)c1ccccc1Br. The zero-order chi connectivity index (χ0) is 13.8. The van der Waals surface area contributed by atoms with Crippen LogP contribution in [0.5, 0.6) is 0 Å². The quantitative estimate of drug-likeness (QED) is 0.689. The number of alkyl halides is 1. The van der Waals surface area contributed by atoms with Gasteiger partial charge in [0.1, 0.15) is 0 Å². The van der Waals surface area contributed by atoms with Gasteiger partial charge in [0.25, 0.3) is 0 Å². The first-order valence-corrected chi connectivity index (χ1v) is 8.38. The molecule has 7 heteroatoms. The summed E-state index contributed by atoms with van der Waals surface area (Å²) in [5.74, 6) is 0. The lowest BCUT2D eigenvalue weighted by Gasteiger charge is -2.20. The van der Waals surface area contributed by atoms with Crippen molar-refractivity contribution >= 4 is 41.9 Å². The van der Waals surface area contributed by atoms with Gasteiger partial charge in [-0.05, 0) is 28.1 Å². The number of methoxy groups -OCH3 is 1. The zero-order valence-corrected chi connectivity index (χ0v) is 14.1. The first-order valence-electron chi connectivity index (χ1n) is 5.23. The Kier molecular flexibility index (Phi) is 6.26. The van der Waals surface area contributed by atoms with Gasteiger partial charge in [-0.25, -0.2) is 8.42 Å². The lowest BCUT2D eigenvalue weighted by Crippen LogP contribution is -2.33. The number of benzene rings is 1. The second-order valence-corrected chi connectivity index (χ2v) is 7.93. The highest BCUT2D eigenvalue weighted by Gasteiger charge is 2.24. The molecule has 1 unspecified atom stereocenters. The number of sulfonamides is 1. The number of hydrogen-bond acceptors (Lipinski definition) is 3. The molecule has 0 fully saturated rings. The van der Waals surface area contributed by atoms with Crippen LogP contribution in [0, 0.1) is 0 Å². The summed E-state index contributed by atoms with van der Waals surface area (Å²) >= 11 is 6.63. The van der Waals surface area contributed by atoms with Gasteiger partial charge in [0.2, 0.25) is 10.0 Å². The standard InChI is InChI=1S/C11H15Br2NO3S/c1-14(7-9(12)8-17-2)18(15,16)11-6-4-3-5-10(11)13/h3-6,9H,7-8H2,1-2H3. The molecule has 0 aromatic heterocycles. The van der Waals surface area contributed by atoms with Crippen LogP contribution in [0.25, 0.3) is 0 Å². The Balaban J connectivity index is 2.90. The lowest BCUT2D eigenvalue weighted by molar-refractivity contribution is 0.195. The third-order valence-corrected chi connectivity index (χ3v) is 5.72. The molecule has 0 saturated carbocycles. The van der Waals surface area contributed by atoms with Crippen LogP contribution in [0.4, 0.5) is 0 Å². The third-order valence-electron chi connectivity index (χ3n) is 2.33. The van der Waals surface area contributed by atoms with Crippen LogP contribution in [0.3, 0.4) is 0 Å². The van der Waals surface area contributed by atoms with Crippen LogP contribution in [-0.2, 0) is 14.8 Å². The summed E-state index contributed by atoms with van der Waals surface area (Å²) in [5, 5.41) is 0. The molecule has 1 aromatic rings. The minimum absolute atomic E-state index is 0.0373. The van der Waals surface area contributed by atoms with Crippen molar-refractivity contribution in [2.75, 3.05) is 27.3 Å². The van der Waals surface area contributed by atoms with E-state index in [1.165, 1.54) is 4.31 Å². The first kappa shape index (κ1) is 16.1. The third kappa shape index (κ3) is 4.03. The molecule has 102 valence electrons. The highest BCUT2D eigenvalue weighted by molar-refractivity contribution is 9.10. The summed E-state index contributed by atoms with van der Waals surface area (Å²) in [7, 11) is -0.348. The van der Waals surface area contributed by atoms with Crippen molar-refractivity contribution in [3.63, 3.8) is 0 Å². The normalized spacial score (nSPS) is 13.8. The topological polar surface area (TPSA) is 46.6 Å². The van der Waals surface area contributed by atoms with E-state index in [1.54, 1.807) is 38.4 Å². The van der Waals surface area contributed by atoms with Gasteiger partial charge in [-0.3, -0.25) is 0 Å². The maximum Gasteiger partial charge on any atom is 0.243 e. The molecule has 1 atom stereocenters. The van der Waals surface area contributed by atoms with E-state index < -0.39 is 10.0 Å². The molecule has 0 heterocycles. The number of ether oxygens (including phenoxy) is 1. The fourth-order valence-electron chi connectivity index (χ4n) is 1.43. The number of rotatable bonds is 6. The molecule has 0 amide bonds. The minimum Gasteiger partial charge on any atom is -0.383 e. The van der Waals surface area contributed by atoms with Gasteiger partial charge in [0.15, 0.2) is 0 Å². The summed E-state index contributed by atoms with van der Waals surface area (Å²) < 4.78 is 31.5. The molecule has 0 aliphatic heterocycles. The molecule has 0 bridgehead atoms. The fraction of sp³-hybridized carbons (Fsp3) is 0.455. The summed E-state index contributed by atoms with van der Waals surface area (Å²) in [4.78, 5) is 0.231. The Bertz CT molecular complexity index is 493. The Morgan fingerprint density at radius 1 is 1.39 bits per heavy atom. The average molecular weight is 401 g/mol. The maximum absolute atomic E-state index is 12.3. The van der Waals surface area contributed by atoms with E-state index in [0.29, 0.717) is 17.6 Å². The van der Waals surface area contributed by atoms with Gasteiger partial charge in [-0.2, -0.15) is 4.31 Å². The van der Waals surface area contributed by atoms with E-state index in [0.717, 1.165) is 0 Å². The summed E-state index contributed by atoms with van der Waals surface area (Å²) in [6.45, 7) is 0.799. The van der Waals surface area contributed by atoms with Crippen molar-refractivity contribution in [3.05, 3.63) is 28.7 Å². The van der Waals surface area contributed by atoms with Crippen molar-refractivity contribution in [1.29, 1.82) is 0 Å². The average Bonchev–Trinajstić information content (AvgIpc) is 2.29. The van der Waals surface area contributed by atoms with Gasteiger partial charge < -0.3 is 4.74 Å². The smallest absolute Gasteiger partial charge is 0.243 e. The fourth-order valence-corrected chi connectivity index (χ4v) is 4.50. The van der Waals surface area contributed by atoms with Gasteiger partial charge in [-0.15, -0.1) is 0 Å². The monoisotopic (exact) mass is 399 g/mol. The second-order valence-electron chi connectivity index (χ2n) is 3.77. The molecule has 1 rings (SSSR count). The highest BCUT2D eigenvalue weighted by Crippen LogP contribution is 2.24. The van der Waals surface area contributed by atoms with Gasteiger partial charge >= 0.3 is 0 Å². The summed E-state index contributed by atoms with van der Waals surface area (Å²) in [6, 6.07) is 6.77. The number of halogens is 2. The highest BCUT2D eigenvalue weighted by atomic mass is 79.9. The molecule has 4 nitrogen and oxygen atoms in total. The van der Waals surface area contributed by atoms with Crippen LogP contribution in [-0.4, -0.2) is 44.9 Å². The maximum atomic E-state index is 12.3. The van der Waals surface area contributed by atoms with Crippen molar-refractivity contribution in [2.45, 2.75) is 9.72 Å². The van der Waals surface area contributed by atoms with E-state index in [2.05, 4.69) is 31.9 Å². The Morgan fingerprint density at radius 3 is 2.56 bits per heavy atom. The van der Waals surface area contributed by atoms with Crippen LogP contribution < -0.4 is 0 Å². The van der Waals surface area contributed by atoms with Gasteiger partial charge in [-0.1, -0.05) is 28.1 Å². The van der Waals surface area contributed by atoms with Gasteiger partial charge in [0, 0.05) is 25.2 Å². The van der Waals surface area contributed by atoms with E-state index in [-0.39, 0.29) is 9.72 Å². The van der Waals surface area contributed by atoms with E-state index in [9.17, 15) is 8.42 Å². The minimum atomic E-state index is -3.48. The van der Waals surface area contributed by atoms with E-state index in [4.69, 9.17) is 4.74 Å². The summed E-state index contributed by atoms with van der Waals surface area (Å²) in [5.41, 5.74) is 0. The number of nitrogens with zero attached hydrogens (tertiary/aromatic N) is 1.